The van der Waals surface area contributed by atoms with Crippen molar-refractivity contribution in [3.8, 4) is 17.3 Å². The third kappa shape index (κ3) is 4.26. The van der Waals surface area contributed by atoms with Gasteiger partial charge in [0.15, 0.2) is 23.9 Å². The summed E-state index contributed by atoms with van der Waals surface area (Å²) in [5.74, 6) is 0.241. The lowest BCUT2D eigenvalue weighted by atomic mass is 10.2. The molecule has 2 aliphatic rings. The molecule has 5 rings (SSSR count). The molecule has 0 radical (unpaired) electrons. The molecule has 0 unspecified atom stereocenters. The molecular formula is C24H24N4O5. The van der Waals surface area contributed by atoms with Gasteiger partial charge in [0.2, 0.25) is 0 Å². The maximum Gasteiger partial charge on any atom is 0.340 e. The number of carbonyl (C=O) groups excluding carboxylic acids is 2. The Balaban J connectivity index is 1.16. The van der Waals surface area contributed by atoms with Crippen LogP contribution in [-0.2, 0) is 9.53 Å². The van der Waals surface area contributed by atoms with Gasteiger partial charge in [0.1, 0.15) is 0 Å². The van der Waals surface area contributed by atoms with Crippen LogP contribution in [0.3, 0.4) is 0 Å². The maximum absolute atomic E-state index is 12.3. The Bertz CT molecular complexity index is 1210. The smallest absolute Gasteiger partial charge is 0.340 e. The predicted molar refractivity (Wildman–Crippen MR) is 119 cm³/mol. The van der Waals surface area contributed by atoms with E-state index in [1.807, 2.05) is 19.9 Å². The van der Waals surface area contributed by atoms with Crippen molar-refractivity contribution in [1.82, 2.24) is 14.8 Å². The molecule has 9 heteroatoms. The van der Waals surface area contributed by atoms with Crippen LogP contribution in [0.2, 0.25) is 0 Å². The van der Waals surface area contributed by atoms with Gasteiger partial charge >= 0.3 is 5.97 Å². The number of pyridine rings is 1. The highest BCUT2D eigenvalue weighted by Crippen LogP contribution is 2.47. The number of rotatable bonds is 5. The van der Waals surface area contributed by atoms with Crippen LogP contribution in [0.4, 0.5) is 5.69 Å². The average molecular weight is 448 g/mol. The van der Waals surface area contributed by atoms with Crippen LogP contribution in [0.5, 0.6) is 11.5 Å². The van der Waals surface area contributed by atoms with Crippen molar-refractivity contribution in [2.75, 3.05) is 11.9 Å². The van der Waals surface area contributed by atoms with Crippen molar-refractivity contribution in [3.05, 3.63) is 59.5 Å². The number of hydrogen-bond acceptors (Lipinski definition) is 7. The molecule has 0 bridgehead atoms. The Morgan fingerprint density at radius 3 is 2.58 bits per heavy atom. The number of nitrogens with zero attached hydrogens (tertiary/aromatic N) is 3. The first-order chi connectivity index (χ1) is 15.9. The standard InChI is InChI=1S/C24H24N4O5/c1-15-11-16(2)28(27-15)21-8-5-17(13-25-21)23(30)31-14-22(29)26-18-6-7-19-20(12-18)33-24(32-19)9-3-4-10-24/h5-8,11-13H,3-4,9-10,14H2,1-2H3,(H,26,29). The Morgan fingerprint density at radius 2 is 1.88 bits per heavy atom. The second-order valence-electron chi connectivity index (χ2n) is 8.35. The second-order valence-corrected chi connectivity index (χ2v) is 8.35. The highest BCUT2D eigenvalue weighted by atomic mass is 16.7. The lowest BCUT2D eigenvalue weighted by Gasteiger charge is -2.21. The zero-order valence-electron chi connectivity index (χ0n) is 18.5. The van der Waals surface area contributed by atoms with E-state index in [9.17, 15) is 9.59 Å². The van der Waals surface area contributed by atoms with Crippen LogP contribution in [0, 0.1) is 13.8 Å². The van der Waals surface area contributed by atoms with E-state index in [1.165, 1.54) is 6.20 Å². The molecular weight excluding hydrogens is 424 g/mol. The number of anilines is 1. The Kier molecular flexibility index (Phi) is 5.24. The third-order valence-corrected chi connectivity index (χ3v) is 5.73. The van der Waals surface area contributed by atoms with Gasteiger partial charge in [-0.1, -0.05) is 0 Å². The molecule has 170 valence electrons. The number of hydrogen-bond donors (Lipinski definition) is 1. The fourth-order valence-corrected chi connectivity index (χ4v) is 4.19. The Labute approximate surface area is 190 Å². The molecule has 1 spiro atoms. The predicted octanol–water partition coefficient (Wildman–Crippen LogP) is 3.72. The van der Waals surface area contributed by atoms with E-state index < -0.39 is 24.3 Å². The number of aromatic nitrogens is 3. The number of amides is 1. The summed E-state index contributed by atoms with van der Waals surface area (Å²) in [6.45, 7) is 3.40. The molecule has 2 aromatic heterocycles. The van der Waals surface area contributed by atoms with Crippen LogP contribution in [-0.4, -0.2) is 39.0 Å². The molecule has 1 fully saturated rings. The van der Waals surface area contributed by atoms with E-state index in [2.05, 4.69) is 15.4 Å². The minimum Gasteiger partial charge on any atom is -0.452 e. The number of fused-ring (bicyclic) bond motifs is 1. The van der Waals surface area contributed by atoms with Gasteiger partial charge in [-0.3, -0.25) is 4.79 Å². The molecule has 1 saturated carbocycles. The van der Waals surface area contributed by atoms with Crippen LogP contribution >= 0.6 is 0 Å². The van der Waals surface area contributed by atoms with Crippen LogP contribution < -0.4 is 14.8 Å². The van der Waals surface area contributed by atoms with Crippen LogP contribution in [0.25, 0.3) is 5.82 Å². The number of aryl methyl sites for hydroxylation is 2. The fourth-order valence-electron chi connectivity index (χ4n) is 4.19. The van der Waals surface area contributed by atoms with Crippen molar-refractivity contribution < 1.29 is 23.8 Å². The molecule has 3 aromatic rings. The lowest BCUT2D eigenvalue weighted by molar-refractivity contribution is -0.119. The van der Waals surface area contributed by atoms with Crippen LogP contribution in [0.1, 0.15) is 47.4 Å². The zero-order valence-corrected chi connectivity index (χ0v) is 18.5. The summed E-state index contributed by atoms with van der Waals surface area (Å²) in [6.07, 6.45) is 5.27. The number of ether oxygens (including phenoxy) is 3. The summed E-state index contributed by atoms with van der Waals surface area (Å²) in [6, 6.07) is 10.5. The zero-order chi connectivity index (χ0) is 23.0. The fraction of sp³-hybridized carbons (Fsp3) is 0.333. The third-order valence-electron chi connectivity index (χ3n) is 5.73. The Hall–Kier alpha value is -3.88. The number of esters is 1. The minimum atomic E-state index is -0.633. The van der Waals surface area contributed by atoms with Crippen molar-refractivity contribution in [2.45, 2.75) is 45.3 Å². The quantitative estimate of drug-likeness (QED) is 0.593. The summed E-state index contributed by atoms with van der Waals surface area (Å²) >= 11 is 0. The van der Waals surface area contributed by atoms with E-state index in [0.717, 1.165) is 37.1 Å². The number of carbonyl (C=O) groups is 2. The monoisotopic (exact) mass is 448 g/mol. The van der Waals surface area contributed by atoms with E-state index in [-0.39, 0.29) is 5.56 Å². The van der Waals surface area contributed by atoms with Crippen molar-refractivity contribution in [1.29, 1.82) is 0 Å². The first kappa shape index (κ1) is 21.0. The van der Waals surface area contributed by atoms with Crippen molar-refractivity contribution in [2.24, 2.45) is 0 Å². The molecule has 1 N–H and O–H groups in total. The van der Waals surface area contributed by atoms with E-state index >= 15 is 0 Å². The molecule has 33 heavy (non-hydrogen) atoms. The maximum atomic E-state index is 12.3. The molecule has 9 nitrogen and oxygen atoms in total. The van der Waals surface area contributed by atoms with Gasteiger partial charge in [0.25, 0.3) is 11.7 Å². The molecule has 0 saturated heterocycles. The summed E-state index contributed by atoms with van der Waals surface area (Å²) in [4.78, 5) is 28.9. The van der Waals surface area contributed by atoms with Crippen molar-refractivity contribution >= 4 is 17.6 Å². The summed E-state index contributed by atoms with van der Waals surface area (Å²) in [5, 5.41) is 7.08. The lowest BCUT2D eigenvalue weighted by Crippen LogP contribution is -2.34. The van der Waals surface area contributed by atoms with E-state index in [0.29, 0.717) is 23.0 Å². The molecule has 1 amide bonds. The highest BCUT2D eigenvalue weighted by Gasteiger charge is 2.44. The van der Waals surface area contributed by atoms with Gasteiger partial charge in [0.05, 0.1) is 11.3 Å². The van der Waals surface area contributed by atoms with E-state index in [4.69, 9.17) is 14.2 Å². The second kappa shape index (κ2) is 8.23. The van der Waals surface area contributed by atoms with Crippen molar-refractivity contribution in [3.63, 3.8) is 0 Å². The van der Waals surface area contributed by atoms with Gasteiger partial charge in [0, 0.05) is 36.5 Å². The SMILES string of the molecule is Cc1cc(C)n(-c2ccc(C(=O)OCC(=O)Nc3ccc4c(c3)OC3(CCCC3)O4)cn2)n1. The topological polar surface area (TPSA) is 105 Å². The van der Waals surface area contributed by atoms with E-state index in [1.54, 1.807) is 35.0 Å². The number of nitrogens with one attached hydrogen (secondary N) is 1. The normalized spacial score (nSPS) is 15.6. The van der Waals surface area contributed by atoms with Gasteiger partial charge in [-0.05, 0) is 57.0 Å². The van der Waals surface area contributed by atoms with Gasteiger partial charge in [-0.25, -0.2) is 14.5 Å². The summed E-state index contributed by atoms with van der Waals surface area (Å²) in [7, 11) is 0. The first-order valence-corrected chi connectivity index (χ1v) is 10.9. The average Bonchev–Trinajstić information content (AvgIpc) is 3.50. The minimum absolute atomic E-state index is 0.248. The molecule has 3 heterocycles. The largest absolute Gasteiger partial charge is 0.452 e. The van der Waals surface area contributed by atoms with Gasteiger partial charge in [-0.15, -0.1) is 0 Å². The van der Waals surface area contributed by atoms with Gasteiger partial charge in [-0.2, -0.15) is 5.10 Å². The Morgan fingerprint density at radius 1 is 1.09 bits per heavy atom. The molecule has 0 atom stereocenters. The molecule has 1 aromatic carbocycles. The number of benzene rings is 1. The molecule has 1 aliphatic carbocycles. The van der Waals surface area contributed by atoms with Crippen LogP contribution in [0.15, 0.2) is 42.6 Å². The highest BCUT2D eigenvalue weighted by molar-refractivity contribution is 5.95. The molecule has 1 aliphatic heterocycles. The van der Waals surface area contributed by atoms with Gasteiger partial charge < -0.3 is 19.5 Å². The summed E-state index contributed by atoms with van der Waals surface area (Å²) in [5.41, 5.74) is 2.61. The first-order valence-electron chi connectivity index (χ1n) is 10.9. The summed E-state index contributed by atoms with van der Waals surface area (Å²) < 4.78 is 18.8.